The molecule has 0 bridgehead atoms. The zero-order valence-electron chi connectivity index (χ0n) is 19.6. The van der Waals surface area contributed by atoms with Gasteiger partial charge in [-0.1, -0.05) is 12.1 Å². The molecule has 2 saturated heterocycles. The number of hydrogen-bond acceptors (Lipinski definition) is 7. The Balaban J connectivity index is 1.63. The van der Waals surface area contributed by atoms with Gasteiger partial charge in [0.1, 0.15) is 24.1 Å². The van der Waals surface area contributed by atoms with Crippen LogP contribution >= 0.6 is 22.6 Å². The van der Waals surface area contributed by atoms with E-state index >= 15 is 0 Å². The summed E-state index contributed by atoms with van der Waals surface area (Å²) >= 11 is 2.16. The molecule has 1 aromatic carbocycles. The molecule has 0 aromatic heterocycles. The second kappa shape index (κ2) is 12.5. The monoisotopic (exact) mass is 600 g/mol. The summed E-state index contributed by atoms with van der Waals surface area (Å²) in [4.78, 5) is 28.1. The van der Waals surface area contributed by atoms with Gasteiger partial charge < -0.3 is 34.6 Å². The molecule has 2 heterocycles. The summed E-state index contributed by atoms with van der Waals surface area (Å²) in [7, 11) is 0. The van der Waals surface area contributed by atoms with E-state index in [1.807, 2.05) is 18.2 Å². The molecule has 1 aromatic rings. The van der Waals surface area contributed by atoms with Gasteiger partial charge in [0.25, 0.3) is 5.91 Å². The van der Waals surface area contributed by atoms with Crippen molar-refractivity contribution in [2.75, 3.05) is 32.9 Å². The third-order valence-corrected chi connectivity index (χ3v) is 7.52. The van der Waals surface area contributed by atoms with E-state index < -0.39 is 24.4 Å². The maximum absolute atomic E-state index is 13.6. The molecular formula is C25H33IN2O7. The third kappa shape index (κ3) is 6.53. The van der Waals surface area contributed by atoms with Crippen LogP contribution in [0.15, 0.2) is 35.9 Å². The minimum absolute atomic E-state index is 0.111. The van der Waals surface area contributed by atoms with Crippen LogP contribution < -0.4 is 10.1 Å². The number of nitrogens with one attached hydrogen (secondary N) is 1. The highest BCUT2D eigenvalue weighted by Crippen LogP contribution is 2.31. The summed E-state index contributed by atoms with van der Waals surface area (Å²) in [5.41, 5.74) is 0.405. The molecule has 4 rings (SSSR count). The fraction of sp³-hybridized carbons (Fsp3) is 0.600. The van der Waals surface area contributed by atoms with Crippen LogP contribution in [0.2, 0.25) is 0 Å². The molecule has 3 N–H and O–H groups in total. The van der Waals surface area contributed by atoms with Crippen LogP contribution in [0, 0.1) is 3.57 Å². The molecule has 192 valence electrons. The Morgan fingerprint density at radius 3 is 2.63 bits per heavy atom. The van der Waals surface area contributed by atoms with E-state index in [9.17, 15) is 14.7 Å². The van der Waals surface area contributed by atoms with Crippen molar-refractivity contribution >= 4 is 34.4 Å². The Kier molecular flexibility index (Phi) is 9.40. The summed E-state index contributed by atoms with van der Waals surface area (Å²) in [6.07, 6.45) is 2.39. The van der Waals surface area contributed by atoms with Crippen LogP contribution in [-0.2, 0) is 19.1 Å². The van der Waals surface area contributed by atoms with Crippen molar-refractivity contribution < 1.29 is 34.0 Å². The number of carbonyl (C=O) groups is 2. The fourth-order valence-corrected chi connectivity index (χ4v) is 5.33. The predicted octanol–water partition coefficient (Wildman–Crippen LogP) is 1.39. The number of hydrogen-bond donors (Lipinski definition) is 3. The number of nitrogens with zero attached hydrogens (tertiary/aromatic N) is 1. The van der Waals surface area contributed by atoms with Crippen LogP contribution in [-0.4, -0.2) is 90.3 Å². The lowest BCUT2D eigenvalue weighted by atomic mass is 9.87. The van der Waals surface area contributed by atoms with Gasteiger partial charge in [-0.3, -0.25) is 9.59 Å². The Hall–Kier alpha value is -1.73. The predicted molar refractivity (Wildman–Crippen MR) is 136 cm³/mol. The SMILES string of the molecule is O=C(NCCO)C1=C[C@H](Oc2ccccc2I)[C@@H](O)[C@H](N(C[C@@H]2CCCO2)C(=O)C2CCCO2)C1. The maximum atomic E-state index is 13.6. The zero-order valence-corrected chi connectivity index (χ0v) is 21.8. The molecule has 2 amide bonds. The third-order valence-electron chi connectivity index (χ3n) is 6.63. The highest BCUT2D eigenvalue weighted by atomic mass is 127. The summed E-state index contributed by atoms with van der Waals surface area (Å²) < 4.78 is 18.5. The summed E-state index contributed by atoms with van der Waals surface area (Å²) in [5.74, 6) is 0.0429. The molecule has 1 aliphatic carbocycles. The van der Waals surface area contributed by atoms with Crippen LogP contribution in [0.3, 0.4) is 0 Å². The van der Waals surface area contributed by atoms with E-state index in [1.165, 1.54) is 0 Å². The second-order valence-corrected chi connectivity index (χ2v) is 10.2. The quantitative estimate of drug-likeness (QED) is 0.367. The first kappa shape index (κ1) is 26.3. The number of benzene rings is 1. The van der Waals surface area contributed by atoms with Gasteiger partial charge in [-0.05, 0) is 66.5 Å². The van der Waals surface area contributed by atoms with Gasteiger partial charge in [-0.25, -0.2) is 0 Å². The maximum Gasteiger partial charge on any atom is 0.252 e. The van der Waals surface area contributed by atoms with Crippen molar-refractivity contribution in [3.8, 4) is 5.75 Å². The molecule has 2 aliphatic heterocycles. The van der Waals surface area contributed by atoms with Crippen molar-refractivity contribution in [2.24, 2.45) is 0 Å². The Morgan fingerprint density at radius 2 is 1.94 bits per heavy atom. The standard InChI is InChI=1S/C25H33IN2O7/c26-18-6-1-2-7-20(18)35-22-14-16(24(31)27-9-10-29)13-19(23(22)30)28(15-17-5-3-11-33-17)25(32)21-8-4-12-34-21/h1-2,6-7,14,17,19,21-23,29-30H,3-5,8-13,15H2,(H,27,31)/t17-,19+,21?,22-,23-/m0/s1. The number of aliphatic hydroxyl groups is 2. The van der Waals surface area contributed by atoms with Crippen molar-refractivity contribution in [1.29, 1.82) is 0 Å². The number of rotatable bonds is 9. The van der Waals surface area contributed by atoms with E-state index in [-0.39, 0.29) is 37.5 Å². The molecule has 2 fully saturated rings. The summed E-state index contributed by atoms with van der Waals surface area (Å²) in [5, 5.41) is 23.3. The zero-order chi connectivity index (χ0) is 24.8. The fourth-order valence-electron chi connectivity index (χ4n) is 4.82. The van der Waals surface area contributed by atoms with Gasteiger partial charge in [0.2, 0.25) is 5.91 Å². The summed E-state index contributed by atoms with van der Waals surface area (Å²) in [6.45, 7) is 1.43. The molecular weight excluding hydrogens is 567 g/mol. The molecule has 1 unspecified atom stereocenters. The minimum atomic E-state index is -1.06. The van der Waals surface area contributed by atoms with E-state index in [0.717, 1.165) is 22.8 Å². The van der Waals surface area contributed by atoms with Crippen LogP contribution in [0.25, 0.3) is 0 Å². The largest absolute Gasteiger partial charge is 0.482 e. The lowest BCUT2D eigenvalue weighted by Crippen LogP contribution is -2.58. The van der Waals surface area contributed by atoms with Gasteiger partial charge in [-0.2, -0.15) is 0 Å². The topological polar surface area (TPSA) is 118 Å². The molecule has 35 heavy (non-hydrogen) atoms. The van der Waals surface area contributed by atoms with Crippen molar-refractivity contribution in [2.45, 2.75) is 62.6 Å². The Morgan fingerprint density at radius 1 is 1.17 bits per heavy atom. The highest BCUT2D eigenvalue weighted by Gasteiger charge is 2.43. The smallest absolute Gasteiger partial charge is 0.252 e. The number of amides is 2. The number of halogens is 1. The van der Waals surface area contributed by atoms with Gasteiger partial charge in [0, 0.05) is 38.3 Å². The molecule has 0 saturated carbocycles. The summed E-state index contributed by atoms with van der Waals surface area (Å²) in [6, 6.07) is 6.74. The van der Waals surface area contributed by atoms with E-state index in [0.29, 0.717) is 37.5 Å². The highest BCUT2D eigenvalue weighted by molar-refractivity contribution is 14.1. The van der Waals surface area contributed by atoms with Crippen molar-refractivity contribution in [1.82, 2.24) is 10.2 Å². The minimum Gasteiger partial charge on any atom is -0.482 e. The average molecular weight is 600 g/mol. The number of carbonyl (C=O) groups excluding carboxylic acids is 2. The molecule has 9 nitrogen and oxygen atoms in total. The first-order valence-electron chi connectivity index (χ1n) is 12.2. The van der Waals surface area contributed by atoms with Gasteiger partial charge in [0.15, 0.2) is 0 Å². The van der Waals surface area contributed by atoms with Gasteiger partial charge in [0.05, 0.1) is 22.3 Å². The number of aliphatic hydroxyl groups excluding tert-OH is 2. The van der Waals surface area contributed by atoms with E-state index in [1.54, 1.807) is 17.0 Å². The molecule has 0 spiro atoms. The Bertz CT molecular complexity index is 915. The first-order chi connectivity index (χ1) is 17.0. The van der Waals surface area contributed by atoms with E-state index in [4.69, 9.17) is 19.3 Å². The molecule has 3 aliphatic rings. The number of para-hydroxylation sites is 1. The van der Waals surface area contributed by atoms with Crippen LogP contribution in [0.4, 0.5) is 0 Å². The second-order valence-electron chi connectivity index (χ2n) is 9.07. The molecule has 5 atom stereocenters. The van der Waals surface area contributed by atoms with Gasteiger partial charge in [-0.15, -0.1) is 0 Å². The van der Waals surface area contributed by atoms with Crippen LogP contribution in [0.1, 0.15) is 32.1 Å². The van der Waals surface area contributed by atoms with Gasteiger partial charge >= 0.3 is 0 Å². The molecule has 10 heteroatoms. The normalized spacial score (nSPS) is 28.4. The van der Waals surface area contributed by atoms with Crippen molar-refractivity contribution in [3.05, 3.63) is 39.5 Å². The van der Waals surface area contributed by atoms with E-state index in [2.05, 4.69) is 27.9 Å². The molecule has 0 radical (unpaired) electrons. The first-order valence-corrected chi connectivity index (χ1v) is 13.3. The number of ether oxygens (including phenoxy) is 3. The average Bonchev–Trinajstić information content (AvgIpc) is 3.58. The Labute approximate surface area is 218 Å². The van der Waals surface area contributed by atoms with Crippen LogP contribution in [0.5, 0.6) is 5.75 Å². The van der Waals surface area contributed by atoms with Crippen molar-refractivity contribution in [3.63, 3.8) is 0 Å². The lowest BCUT2D eigenvalue weighted by molar-refractivity contribution is -0.150. The lowest BCUT2D eigenvalue weighted by Gasteiger charge is -2.42.